The van der Waals surface area contributed by atoms with Gasteiger partial charge in [0.05, 0.1) is 5.75 Å². The Bertz CT molecular complexity index is 687. The molecule has 28 heavy (non-hydrogen) atoms. The number of rotatable bonds is 9. The molecule has 9 heteroatoms. The third-order valence-corrected chi connectivity index (χ3v) is 8.43. The minimum atomic E-state index is -3.10. The molecule has 1 aromatic heterocycles. The first-order chi connectivity index (χ1) is 12.9. The van der Waals surface area contributed by atoms with E-state index in [4.69, 9.17) is 0 Å². The summed E-state index contributed by atoms with van der Waals surface area (Å²) in [6.07, 6.45) is 7.07. The van der Waals surface area contributed by atoms with Gasteiger partial charge in [0.15, 0.2) is 5.96 Å². The van der Waals surface area contributed by atoms with Gasteiger partial charge in [0.2, 0.25) is 10.0 Å². The van der Waals surface area contributed by atoms with Gasteiger partial charge in [-0.1, -0.05) is 25.3 Å². The van der Waals surface area contributed by atoms with Crippen LogP contribution in [0.5, 0.6) is 0 Å². The van der Waals surface area contributed by atoms with Gasteiger partial charge in [-0.3, -0.25) is 4.99 Å². The van der Waals surface area contributed by atoms with Crippen LogP contribution in [0.15, 0.2) is 22.5 Å². The Morgan fingerprint density at radius 1 is 1.29 bits per heavy atom. The number of thiophene rings is 1. The number of sulfonamides is 1. The number of halogens is 1. The number of hydrogen-bond acceptors (Lipinski definition) is 4. The van der Waals surface area contributed by atoms with Crippen molar-refractivity contribution >= 4 is 51.3 Å². The van der Waals surface area contributed by atoms with Gasteiger partial charge in [0.1, 0.15) is 0 Å². The first-order valence-electron chi connectivity index (χ1n) is 9.86. The van der Waals surface area contributed by atoms with Crippen LogP contribution in [-0.4, -0.2) is 58.2 Å². The minimum Gasteiger partial charge on any atom is -0.356 e. The van der Waals surface area contributed by atoms with Crippen LogP contribution in [-0.2, 0) is 15.4 Å². The van der Waals surface area contributed by atoms with E-state index in [1.165, 1.54) is 41.3 Å². The van der Waals surface area contributed by atoms with Crippen molar-refractivity contribution in [3.8, 4) is 0 Å². The fourth-order valence-corrected chi connectivity index (χ4v) is 5.50. The normalized spacial score (nSPS) is 17.2. The van der Waals surface area contributed by atoms with E-state index >= 15 is 0 Å². The van der Waals surface area contributed by atoms with Crippen molar-refractivity contribution < 1.29 is 8.42 Å². The van der Waals surface area contributed by atoms with Gasteiger partial charge in [-0.25, -0.2) is 12.7 Å². The topological polar surface area (TPSA) is 73.8 Å². The lowest BCUT2D eigenvalue weighted by Crippen LogP contribution is -2.46. The molecule has 2 N–H and O–H groups in total. The molecule has 0 spiro atoms. The second kappa shape index (κ2) is 12.3. The molecule has 0 unspecified atom stereocenters. The molecule has 162 valence electrons. The highest BCUT2D eigenvalue weighted by atomic mass is 127. The Morgan fingerprint density at radius 3 is 2.57 bits per heavy atom. The van der Waals surface area contributed by atoms with E-state index in [2.05, 4.69) is 33.1 Å². The van der Waals surface area contributed by atoms with Crippen molar-refractivity contribution in [2.24, 2.45) is 4.99 Å². The highest BCUT2D eigenvalue weighted by Crippen LogP contribution is 2.41. The van der Waals surface area contributed by atoms with Crippen LogP contribution in [0, 0.1) is 0 Å². The second-order valence-corrected chi connectivity index (χ2v) is 10.6. The SMILES string of the molecule is CCS(=O)(=O)N(C)CCCNC(=NC)NCC1(c2cccs2)CCCCC1.I. The molecule has 0 aromatic carbocycles. The van der Waals surface area contributed by atoms with Crippen LogP contribution < -0.4 is 10.6 Å². The standard InChI is InChI=1S/C19H34N4O2S2.HI/c1-4-27(24,25)23(3)14-9-13-21-18(20-2)22-16-19(11-6-5-7-12-19)17-10-8-15-26-17;/h8,10,15H,4-7,9,11-14,16H2,1-3H3,(H2,20,21,22);1H. The summed E-state index contributed by atoms with van der Waals surface area (Å²) in [6.45, 7) is 3.76. The summed E-state index contributed by atoms with van der Waals surface area (Å²) in [5.74, 6) is 0.933. The second-order valence-electron chi connectivity index (χ2n) is 7.25. The van der Waals surface area contributed by atoms with Gasteiger partial charge in [-0.2, -0.15) is 0 Å². The molecular weight excluding hydrogens is 507 g/mol. The average Bonchev–Trinajstić information content (AvgIpc) is 3.23. The van der Waals surface area contributed by atoms with Gasteiger partial charge < -0.3 is 10.6 Å². The van der Waals surface area contributed by atoms with E-state index in [-0.39, 0.29) is 35.1 Å². The maximum absolute atomic E-state index is 11.8. The Morgan fingerprint density at radius 2 is 2.00 bits per heavy atom. The molecule has 0 amide bonds. The molecule has 0 saturated heterocycles. The van der Waals surface area contributed by atoms with Gasteiger partial charge in [0.25, 0.3) is 0 Å². The fraction of sp³-hybridized carbons (Fsp3) is 0.737. The first-order valence-corrected chi connectivity index (χ1v) is 12.3. The van der Waals surface area contributed by atoms with E-state index in [1.54, 1.807) is 21.0 Å². The maximum atomic E-state index is 11.8. The van der Waals surface area contributed by atoms with Crippen molar-refractivity contribution in [1.29, 1.82) is 0 Å². The molecule has 0 bridgehead atoms. The number of guanidine groups is 1. The van der Waals surface area contributed by atoms with Gasteiger partial charge in [0, 0.05) is 44.0 Å². The minimum absolute atomic E-state index is 0. The zero-order valence-electron chi connectivity index (χ0n) is 17.2. The summed E-state index contributed by atoms with van der Waals surface area (Å²) in [4.78, 5) is 5.80. The molecule has 0 atom stereocenters. The first kappa shape index (κ1) is 25.6. The molecule has 1 heterocycles. The lowest BCUT2D eigenvalue weighted by atomic mass is 9.73. The Balaban J connectivity index is 0.00000392. The van der Waals surface area contributed by atoms with Crippen molar-refractivity contribution in [1.82, 2.24) is 14.9 Å². The zero-order chi connectivity index (χ0) is 19.8. The molecular formula is C19H35IN4O2S2. The quantitative estimate of drug-likeness (QED) is 0.217. The van der Waals surface area contributed by atoms with Crippen molar-refractivity contribution in [2.45, 2.75) is 50.9 Å². The molecule has 2 rings (SSSR count). The van der Waals surface area contributed by atoms with Crippen LogP contribution in [0.25, 0.3) is 0 Å². The monoisotopic (exact) mass is 542 g/mol. The number of hydrogen-bond donors (Lipinski definition) is 2. The van der Waals surface area contributed by atoms with E-state index in [0.29, 0.717) is 13.1 Å². The lowest BCUT2D eigenvalue weighted by molar-refractivity contribution is 0.296. The highest BCUT2D eigenvalue weighted by molar-refractivity contribution is 14.0. The van der Waals surface area contributed by atoms with Crippen LogP contribution in [0.4, 0.5) is 0 Å². The average molecular weight is 543 g/mol. The molecule has 1 aliphatic carbocycles. The fourth-order valence-electron chi connectivity index (χ4n) is 3.66. The molecule has 6 nitrogen and oxygen atoms in total. The molecule has 1 aliphatic rings. The van der Waals surface area contributed by atoms with E-state index in [9.17, 15) is 8.42 Å². The van der Waals surface area contributed by atoms with Crippen molar-refractivity contribution in [3.63, 3.8) is 0 Å². The number of nitrogens with one attached hydrogen (secondary N) is 2. The van der Waals surface area contributed by atoms with Crippen molar-refractivity contribution in [3.05, 3.63) is 22.4 Å². The van der Waals surface area contributed by atoms with E-state index < -0.39 is 10.0 Å². The largest absolute Gasteiger partial charge is 0.356 e. The lowest BCUT2D eigenvalue weighted by Gasteiger charge is -2.37. The van der Waals surface area contributed by atoms with Crippen LogP contribution in [0.2, 0.25) is 0 Å². The summed E-state index contributed by atoms with van der Waals surface area (Å²) in [5.41, 5.74) is 0.208. The predicted octanol–water partition coefficient (Wildman–Crippen LogP) is 3.40. The Labute approximate surface area is 191 Å². The third-order valence-electron chi connectivity index (χ3n) is 5.45. The Hall–Kier alpha value is -0.390. The highest BCUT2D eigenvalue weighted by Gasteiger charge is 2.34. The number of nitrogens with zero attached hydrogens (tertiary/aromatic N) is 2. The molecule has 0 aliphatic heterocycles. The van der Waals surface area contributed by atoms with Crippen molar-refractivity contribution in [2.75, 3.05) is 39.5 Å². The van der Waals surface area contributed by atoms with E-state index in [1.807, 2.05) is 11.3 Å². The molecule has 0 radical (unpaired) electrons. The van der Waals surface area contributed by atoms with Gasteiger partial charge >= 0.3 is 0 Å². The van der Waals surface area contributed by atoms with Crippen LogP contribution in [0.1, 0.15) is 50.3 Å². The summed E-state index contributed by atoms with van der Waals surface area (Å²) < 4.78 is 25.0. The summed E-state index contributed by atoms with van der Waals surface area (Å²) in [6, 6.07) is 4.40. The molecule has 1 saturated carbocycles. The summed E-state index contributed by atoms with van der Waals surface area (Å²) in [7, 11) is 0.316. The summed E-state index contributed by atoms with van der Waals surface area (Å²) in [5, 5.41) is 8.99. The van der Waals surface area contributed by atoms with Crippen LogP contribution in [0.3, 0.4) is 0 Å². The third kappa shape index (κ3) is 7.14. The smallest absolute Gasteiger partial charge is 0.213 e. The molecule has 1 aromatic rings. The van der Waals surface area contributed by atoms with Gasteiger partial charge in [-0.15, -0.1) is 35.3 Å². The maximum Gasteiger partial charge on any atom is 0.213 e. The predicted molar refractivity (Wildman–Crippen MR) is 131 cm³/mol. The van der Waals surface area contributed by atoms with Crippen LogP contribution >= 0.6 is 35.3 Å². The summed E-state index contributed by atoms with van der Waals surface area (Å²) >= 11 is 1.85. The van der Waals surface area contributed by atoms with Gasteiger partial charge in [-0.05, 0) is 37.6 Å². The number of aliphatic imine (C=N–C) groups is 1. The zero-order valence-corrected chi connectivity index (χ0v) is 21.2. The molecule has 1 fully saturated rings. The van der Waals surface area contributed by atoms with E-state index in [0.717, 1.165) is 18.9 Å². The Kier molecular flexibility index (Phi) is 11.3.